The van der Waals surface area contributed by atoms with Gasteiger partial charge in [-0.1, -0.05) is 31.8 Å². The molecule has 3 atom stereocenters. The molecule has 0 spiro atoms. The van der Waals surface area contributed by atoms with E-state index in [9.17, 15) is 0 Å². The van der Waals surface area contributed by atoms with Crippen LogP contribution in [0, 0.1) is 5.92 Å². The van der Waals surface area contributed by atoms with Gasteiger partial charge in [0.2, 0.25) is 5.89 Å². The second-order valence-electron chi connectivity index (χ2n) is 6.09. The van der Waals surface area contributed by atoms with Gasteiger partial charge in [-0.05, 0) is 31.6 Å². The van der Waals surface area contributed by atoms with Crippen LogP contribution in [0.3, 0.4) is 0 Å². The normalized spacial score (nSPS) is 32.5. The number of fused-ring (bicyclic) bond motifs is 1. The summed E-state index contributed by atoms with van der Waals surface area (Å²) in [6.07, 6.45) is 7.92. The lowest BCUT2D eigenvalue weighted by molar-refractivity contribution is 0.158. The Morgan fingerprint density at radius 2 is 2.00 bits per heavy atom. The van der Waals surface area contributed by atoms with Gasteiger partial charge in [-0.25, -0.2) is 0 Å². The molecule has 2 aliphatic rings. The monoisotopic (exact) mass is 249 g/mol. The topological polar surface area (TPSA) is 51.0 Å². The standard InChI is InChI=1S/C14H23N3O/c1-9(2)13-16-14(18-17-13)12-8-7-10-5-3-4-6-11(10)15-12/h9-12,15H,3-8H2,1-2H3. The smallest absolute Gasteiger partial charge is 0.243 e. The predicted octanol–water partition coefficient (Wildman–Crippen LogP) is 3.18. The third kappa shape index (κ3) is 2.30. The fraction of sp³-hybridized carbons (Fsp3) is 0.857. The van der Waals surface area contributed by atoms with Crippen LogP contribution < -0.4 is 5.32 Å². The molecule has 0 amide bonds. The number of aromatic nitrogens is 2. The number of nitrogens with zero attached hydrogens (tertiary/aromatic N) is 2. The summed E-state index contributed by atoms with van der Waals surface area (Å²) in [5, 5.41) is 7.80. The Morgan fingerprint density at radius 1 is 1.17 bits per heavy atom. The lowest BCUT2D eigenvalue weighted by atomic mass is 9.78. The minimum absolute atomic E-state index is 0.282. The molecule has 4 nitrogen and oxygen atoms in total. The van der Waals surface area contributed by atoms with Crippen LogP contribution in [0.4, 0.5) is 0 Å². The van der Waals surface area contributed by atoms with E-state index in [1.165, 1.54) is 32.1 Å². The maximum absolute atomic E-state index is 5.42. The quantitative estimate of drug-likeness (QED) is 0.874. The van der Waals surface area contributed by atoms with Crippen LogP contribution in [0.2, 0.25) is 0 Å². The molecule has 1 saturated carbocycles. The molecule has 2 heterocycles. The number of piperidine rings is 1. The zero-order valence-corrected chi connectivity index (χ0v) is 11.4. The number of hydrogen-bond donors (Lipinski definition) is 1. The molecule has 0 radical (unpaired) electrons. The lowest BCUT2D eigenvalue weighted by Crippen LogP contribution is -2.44. The van der Waals surface area contributed by atoms with Crippen molar-refractivity contribution in [2.45, 2.75) is 70.4 Å². The van der Waals surface area contributed by atoms with Crippen molar-refractivity contribution in [2.75, 3.05) is 0 Å². The molecule has 3 unspecified atom stereocenters. The molecule has 1 aliphatic heterocycles. The SMILES string of the molecule is CC(C)c1noc(C2CCC3CCCCC3N2)n1. The third-order valence-corrected chi connectivity index (χ3v) is 4.42. The molecule has 3 rings (SSSR count). The third-order valence-electron chi connectivity index (χ3n) is 4.42. The Balaban J connectivity index is 1.69. The molecule has 2 fully saturated rings. The Labute approximate surface area is 109 Å². The number of nitrogens with one attached hydrogen (secondary N) is 1. The lowest BCUT2D eigenvalue weighted by Gasteiger charge is -2.39. The average molecular weight is 249 g/mol. The van der Waals surface area contributed by atoms with Crippen molar-refractivity contribution in [1.82, 2.24) is 15.5 Å². The molecule has 100 valence electrons. The Morgan fingerprint density at radius 3 is 2.78 bits per heavy atom. The van der Waals surface area contributed by atoms with E-state index in [0.717, 1.165) is 24.1 Å². The highest BCUT2D eigenvalue weighted by molar-refractivity contribution is 5.00. The van der Waals surface area contributed by atoms with Gasteiger partial charge in [0.15, 0.2) is 5.82 Å². The highest BCUT2D eigenvalue weighted by Gasteiger charge is 2.34. The zero-order valence-electron chi connectivity index (χ0n) is 11.4. The molecule has 4 heteroatoms. The minimum atomic E-state index is 0.282. The molecule has 1 aromatic heterocycles. The van der Waals surface area contributed by atoms with Crippen molar-refractivity contribution in [1.29, 1.82) is 0 Å². The van der Waals surface area contributed by atoms with Gasteiger partial charge in [0.05, 0.1) is 6.04 Å². The first-order chi connectivity index (χ1) is 8.74. The Kier molecular flexibility index (Phi) is 3.37. The largest absolute Gasteiger partial charge is 0.338 e. The zero-order chi connectivity index (χ0) is 12.5. The van der Waals surface area contributed by atoms with E-state index in [1.807, 2.05) is 0 Å². The summed E-state index contributed by atoms with van der Waals surface area (Å²) >= 11 is 0. The maximum Gasteiger partial charge on any atom is 0.243 e. The minimum Gasteiger partial charge on any atom is -0.338 e. The van der Waals surface area contributed by atoms with Gasteiger partial charge < -0.3 is 9.84 Å². The molecule has 1 N–H and O–H groups in total. The van der Waals surface area contributed by atoms with Crippen molar-refractivity contribution >= 4 is 0 Å². The highest BCUT2D eigenvalue weighted by atomic mass is 16.5. The number of hydrogen-bond acceptors (Lipinski definition) is 4. The van der Waals surface area contributed by atoms with Crippen LogP contribution in [0.1, 0.15) is 76.0 Å². The first-order valence-electron chi connectivity index (χ1n) is 7.33. The first kappa shape index (κ1) is 12.2. The van der Waals surface area contributed by atoms with Crippen LogP contribution in [-0.2, 0) is 0 Å². The van der Waals surface area contributed by atoms with E-state index < -0.39 is 0 Å². The van der Waals surface area contributed by atoms with E-state index in [0.29, 0.717) is 12.0 Å². The highest BCUT2D eigenvalue weighted by Crippen LogP contribution is 2.36. The van der Waals surface area contributed by atoms with Crippen molar-refractivity contribution < 1.29 is 4.52 Å². The van der Waals surface area contributed by atoms with Gasteiger partial charge >= 0.3 is 0 Å². The van der Waals surface area contributed by atoms with E-state index in [2.05, 4.69) is 29.3 Å². The summed E-state index contributed by atoms with van der Waals surface area (Å²) < 4.78 is 5.42. The van der Waals surface area contributed by atoms with Gasteiger partial charge in [-0.3, -0.25) is 0 Å². The van der Waals surface area contributed by atoms with Crippen LogP contribution in [0.15, 0.2) is 4.52 Å². The first-order valence-corrected chi connectivity index (χ1v) is 7.33. The number of rotatable bonds is 2. The average Bonchev–Trinajstić information content (AvgIpc) is 2.88. The van der Waals surface area contributed by atoms with Crippen LogP contribution in [-0.4, -0.2) is 16.2 Å². The summed E-state index contributed by atoms with van der Waals surface area (Å²) in [6, 6.07) is 0.955. The predicted molar refractivity (Wildman–Crippen MR) is 69.2 cm³/mol. The summed E-state index contributed by atoms with van der Waals surface area (Å²) in [7, 11) is 0. The van der Waals surface area contributed by atoms with Crippen LogP contribution >= 0.6 is 0 Å². The molecule has 1 aliphatic carbocycles. The van der Waals surface area contributed by atoms with Gasteiger partial charge in [-0.2, -0.15) is 4.98 Å². The molecule has 1 aromatic rings. The van der Waals surface area contributed by atoms with E-state index in [-0.39, 0.29) is 6.04 Å². The molecule has 0 aromatic carbocycles. The summed E-state index contributed by atoms with van der Waals surface area (Å²) in [4.78, 5) is 4.53. The second kappa shape index (κ2) is 5.00. The summed E-state index contributed by atoms with van der Waals surface area (Å²) in [6.45, 7) is 4.19. The second-order valence-corrected chi connectivity index (χ2v) is 6.09. The fourth-order valence-corrected chi connectivity index (χ4v) is 3.31. The van der Waals surface area contributed by atoms with E-state index in [1.54, 1.807) is 0 Å². The van der Waals surface area contributed by atoms with Gasteiger partial charge in [0.1, 0.15) is 0 Å². The fourth-order valence-electron chi connectivity index (χ4n) is 3.31. The molecular formula is C14H23N3O. The van der Waals surface area contributed by atoms with Gasteiger partial charge in [0, 0.05) is 12.0 Å². The molecule has 0 bridgehead atoms. The van der Waals surface area contributed by atoms with Crippen molar-refractivity contribution in [3.05, 3.63) is 11.7 Å². The molecular weight excluding hydrogens is 226 g/mol. The van der Waals surface area contributed by atoms with Crippen molar-refractivity contribution in [3.63, 3.8) is 0 Å². The Hall–Kier alpha value is -0.900. The van der Waals surface area contributed by atoms with E-state index in [4.69, 9.17) is 4.52 Å². The van der Waals surface area contributed by atoms with Crippen molar-refractivity contribution in [3.8, 4) is 0 Å². The summed E-state index contributed by atoms with van der Waals surface area (Å²) in [5.74, 6) is 2.84. The molecule has 1 saturated heterocycles. The van der Waals surface area contributed by atoms with Gasteiger partial charge in [-0.15, -0.1) is 0 Å². The van der Waals surface area contributed by atoms with Gasteiger partial charge in [0.25, 0.3) is 0 Å². The molecule has 18 heavy (non-hydrogen) atoms. The van der Waals surface area contributed by atoms with Crippen LogP contribution in [0.25, 0.3) is 0 Å². The van der Waals surface area contributed by atoms with Crippen molar-refractivity contribution in [2.24, 2.45) is 5.92 Å². The van der Waals surface area contributed by atoms with Crippen LogP contribution in [0.5, 0.6) is 0 Å². The maximum atomic E-state index is 5.42. The Bertz CT molecular complexity index is 401. The van der Waals surface area contributed by atoms with E-state index >= 15 is 0 Å². The summed E-state index contributed by atoms with van der Waals surface area (Å²) in [5.41, 5.74) is 0.